The van der Waals surface area contributed by atoms with Gasteiger partial charge >= 0.3 is 0 Å². The number of carbonyl (C=O) groups excluding carboxylic acids is 1. The Morgan fingerprint density at radius 1 is 1.13 bits per heavy atom. The predicted molar refractivity (Wildman–Crippen MR) is 121 cm³/mol. The van der Waals surface area contributed by atoms with Gasteiger partial charge < -0.3 is 14.8 Å². The number of benzene rings is 2. The fourth-order valence-electron chi connectivity index (χ4n) is 3.18. The van der Waals surface area contributed by atoms with Gasteiger partial charge in [-0.15, -0.1) is 0 Å². The molecule has 0 saturated heterocycles. The predicted octanol–water partition coefficient (Wildman–Crippen LogP) is 4.17. The minimum Gasteiger partial charge on any atom is -0.493 e. The maximum Gasteiger partial charge on any atom is 0.257 e. The molecule has 8 heteroatoms. The van der Waals surface area contributed by atoms with Crippen molar-refractivity contribution in [1.82, 2.24) is 0 Å². The van der Waals surface area contributed by atoms with Crippen molar-refractivity contribution in [3.63, 3.8) is 0 Å². The van der Waals surface area contributed by atoms with E-state index in [1.807, 2.05) is 39.0 Å². The summed E-state index contributed by atoms with van der Waals surface area (Å²) in [5, 5.41) is 2.97. The van der Waals surface area contributed by atoms with Crippen LogP contribution in [0.5, 0.6) is 11.5 Å². The third kappa shape index (κ3) is 4.70. The van der Waals surface area contributed by atoms with E-state index in [1.54, 1.807) is 6.92 Å². The molecule has 0 bridgehead atoms. The van der Waals surface area contributed by atoms with Gasteiger partial charge in [-0.2, -0.15) is 0 Å². The summed E-state index contributed by atoms with van der Waals surface area (Å²) in [6.45, 7) is 7.57. The summed E-state index contributed by atoms with van der Waals surface area (Å²) >= 11 is 0. The van der Waals surface area contributed by atoms with Crippen LogP contribution in [0.2, 0.25) is 0 Å². The van der Waals surface area contributed by atoms with Crippen molar-refractivity contribution in [2.75, 3.05) is 36.6 Å². The number of rotatable bonds is 8. The number of hydrogen-bond acceptors (Lipinski definition) is 5. The van der Waals surface area contributed by atoms with Crippen molar-refractivity contribution in [3.05, 3.63) is 47.0 Å². The molecule has 0 aliphatic heterocycles. The number of nitrogens with zero attached hydrogens (tertiary/aromatic N) is 1. The smallest absolute Gasteiger partial charge is 0.257 e. The average Bonchev–Trinajstić information content (AvgIpc) is 2.73. The van der Waals surface area contributed by atoms with E-state index in [1.165, 1.54) is 33.4 Å². The van der Waals surface area contributed by atoms with Gasteiger partial charge in [-0.25, -0.2) is 8.42 Å². The molecule has 7 nitrogen and oxygen atoms in total. The highest BCUT2D eigenvalue weighted by Crippen LogP contribution is 2.37. The van der Waals surface area contributed by atoms with Crippen LogP contribution in [0, 0.1) is 6.92 Å². The summed E-state index contributed by atoms with van der Waals surface area (Å²) in [4.78, 5) is 13.3. The molecular weight excluding hydrogens is 404 g/mol. The van der Waals surface area contributed by atoms with Crippen LogP contribution in [0.15, 0.2) is 30.3 Å². The van der Waals surface area contributed by atoms with Crippen LogP contribution in [-0.2, 0) is 10.0 Å². The quantitative estimate of drug-likeness (QED) is 0.674. The molecule has 2 rings (SSSR count). The third-order valence-electron chi connectivity index (χ3n) is 5.03. The van der Waals surface area contributed by atoms with E-state index in [2.05, 4.69) is 5.32 Å². The maximum atomic E-state index is 13.3. The van der Waals surface area contributed by atoms with Gasteiger partial charge in [0.1, 0.15) is 0 Å². The molecule has 1 N–H and O–H groups in total. The van der Waals surface area contributed by atoms with Crippen LogP contribution >= 0.6 is 0 Å². The van der Waals surface area contributed by atoms with Crippen LogP contribution in [0.1, 0.15) is 48.2 Å². The number of ether oxygens (including phenoxy) is 2. The Bertz CT molecular complexity index is 1030. The lowest BCUT2D eigenvalue weighted by atomic mass is 9.98. The molecular formula is C22H30N2O5S. The highest BCUT2D eigenvalue weighted by molar-refractivity contribution is 7.92. The standard InChI is InChI=1S/C22H30N2O5S/c1-8-30(26,27)24(5)18-13-20(29-7)19(28-6)12-17(18)22(25)23-21-15(4)10-9-11-16(21)14(2)3/h9-14H,8H2,1-7H3,(H,23,25). The Morgan fingerprint density at radius 2 is 1.73 bits per heavy atom. The molecule has 0 heterocycles. The fraction of sp³-hybridized carbons (Fsp3) is 0.409. The number of methoxy groups -OCH3 is 2. The Balaban J connectivity index is 2.64. The summed E-state index contributed by atoms with van der Waals surface area (Å²) in [6, 6.07) is 8.84. The van der Waals surface area contributed by atoms with Crippen LogP contribution in [0.4, 0.5) is 11.4 Å². The number of sulfonamides is 1. The first kappa shape index (κ1) is 23.5. The van der Waals surface area contributed by atoms with Gasteiger partial charge in [0.15, 0.2) is 11.5 Å². The van der Waals surface area contributed by atoms with Crippen molar-refractivity contribution in [2.45, 2.75) is 33.6 Å². The molecule has 0 radical (unpaired) electrons. The minimum absolute atomic E-state index is 0.103. The van der Waals surface area contributed by atoms with E-state index >= 15 is 0 Å². The molecule has 0 unspecified atom stereocenters. The SMILES string of the molecule is CCS(=O)(=O)N(C)c1cc(OC)c(OC)cc1C(=O)Nc1c(C)cccc1C(C)C. The van der Waals surface area contributed by atoms with Gasteiger partial charge in [-0.3, -0.25) is 9.10 Å². The zero-order chi connectivity index (χ0) is 22.6. The second-order valence-electron chi connectivity index (χ2n) is 7.24. The highest BCUT2D eigenvalue weighted by atomic mass is 32.2. The monoisotopic (exact) mass is 434 g/mol. The van der Waals surface area contributed by atoms with Crippen molar-refractivity contribution in [3.8, 4) is 11.5 Å². The Kier molecular flexibility index (Phi) is 7.36. The topological polar surface area (TPSA) is 84.9 Å². The molecule has 0 saturated carbocycles. The zero-order valence-electron chi connectivity index (χ0n) is 18.6. The van der Waals surface area contributed by atoms with Gasteiger partial charge in [-0.1, -0.05) is 32.0 Å². The van der Waals surface area contributed by atoms with E-state index in [-0.39, 0.29) is 22.9 Å². The van der Waals surface area contributed by atoms with Crippen molar-refractivity contribution >= 4 is 27.3 Å². The van der Waals surface area contributed by atoms with Crippen LogP contribution in [0.3, 0.4) is 0 Å². The van der Waals surface area contributed by atoms with Crippen LogP contribution in [0.25, 0.3) is 0 Å². The van der Waals surface area contributed by atoms with E-state index in [0.29, 0.717) is 11.5 Å². The van der Waals surface area contributed by atoms with E-state index < -0.39 is 15.9 Å². The van der Waals surface area contributed by atoms with E-state index in [0.717, 1.165) is 21.1 Å². The first-order valence-electron chi connectivity index (χ1n) is 9.70. The molecule has 164 valence electrons. The maximum absolute atomic E-state index is 13.3. The van der Waals surface area contributed by atoms with Crippen LogP contribution in [-0.4, -0.2) is 41.3 Å². The van der Waals surface area contributed by atoms with Crippen LogP contribution < -0.4 is 19.1 Å². The molecule has 0 fully saturated rings. The normalized spacial score (nSPS) is 11.3. The second kappa shape index (κ2) is 9.38. The third-order valence-corrected chi connectivity index (χ3v) is 6.79. The molecule has 2 aromatic carbocycles. The zero-order valence-corrected chi connectivity index (χ0v) is 19.4. The summed E-state index contributed by atoms with van der Waals surface area (Å²) in [6.07, 6.45) is 0. The first-order chi connectivity index (χ1) is 14.1. The molecule has 0 aliphatic rings. The molecule has 1 amide bonds. The molecule has 0 aromatic heterocycles. The van der Waals surface area contributed by atoms with E-state index in [4.69, 9.17) is 9.47 Å². The largest absolute Gasteiger partial charge is 0.493 e. The molecule has 0 aliphatic carbocycles. The molecule has 0 spiro atoms. The summed E-state index contributed by atoms with van der Waals surface area (Å²) in [5.74, 6) is 0.339. The number of anilines is 2. The Labute approximate surface area is 179 Å². The molecule has 0 atom stereocenters. The minimum atomic E-state index is -3.60. The summed E-state index contributed by atoms with van der Waals surface area (Å²) in [5.41, 5.74) is 3.03. The molecule has 30 heavy (non-hydrogen) atoms. The summed E-state index contributed by atoms with van der Waals surface area (Å²) < 4.78 is 36.8. The lowest BCUT2D eigenvalue weighted by Crippen LogP contribution is -2.30. The van der Waals surface area contributed by atoms with Gasteiger partial charge in [0, 0.05) is 18.8 Å². The summed E-state index contributed by atoms with van der Waals surface area (Å²) in [7, 11) is 0.742. The van der Waals surface area contributed by atoms with Gasteiger partial charge in [0.05, 0.1) is 31.2 Å². The highest BCUT2D eigenvalue weighted by Gasteiger charge is 2.26. The van der Waals surface area contributed by atoms with Crippen molar-refractivity contribution in [1.29, 1.82) is 0 Å². The number of nitrogens with one attached hydrogen (secondary N) is 1. The molecule has 2 aromatic rings. The average molecular weight is 435 g/mol. The lowest BCUT2D eigenvalue weighted by molar-refractivity contribution is 0.102. The number of aryl methyl sites for hydroxylation is 1. The van der Waals surface area contributed by atoms with Gasteiger partial charge in [0.25, 0.3) is 5.91 Å². The van der Waals surface area contributed by atoms with Crippen molar-refractivity contribution < 1.29 is 22.7 Å². The number of amides is 1. The van der Waals surface area contributed by atoms with Crippen molar-refractivity contribution in [2.24, 2.45) is 0 Å². The van der Waals surface area contributed by atoms with Gasteiger partial charge in [0.2, 0.25) is 10.0 Å². The lowest BCUT2D eigenvalue weighted by Gasteiger charge is -2.24. The second-order valence-corrected chi connectivity index (χ2v) is 9.53. The fourth-order valence-corrected chi connectivity index (χ4v) is 4.02. The number of para-hydroxylation sites is 1. The number of hydrogen-bond donors (Lipinski definition) is 1. The van der Waals surface area contributed by atoms with Gasteiger partial charge in [-0.05, 0) is 37.0 Å². The number of carbonyl (C=O) groups is 1. The Hall–Kier alpha value is -2.74. The first-order valence-corrected chi connectivity index (χ1v) is 11.3. The van der Waals surface area contributed by atoms with E-state index in [9.17, 15) is 13.2 Å². The Morgan fingerprint density at radius 3 is 2.27 bits per heavy atom.